The second-order valence-corrected chi connectivity index (χ2v) is 7.04. The molecule has 128 valence electrons. The largest absolute Gasteiger partial charge is 0.353 e. The second-order valence-electron chi connectivity index (χ2n) is 6.19. The van der Waals surface area contributed by atoms with Crippen molar-refractivity contribution in [2.45, 2.75) is 45.6 Å². The van der Waals surface area contributed by atoms with Crippen LogP contribution in [0.1, 0.15) is 38.3 Å². The number of benzene rings is 1. The lowest BCUT2D eigenvalue weighted by Gasteiger charge is -2.36. The fourth-order valence-electron chi connectivity index (χ4n) is 3.20. The summed E-state index contributed by atoms with van der Waals surface area (Å²) in [5.41, 5.74) is 1.65. The lowest BCUT2D eigenvalue weighted by atomic mass is 10.00. The topological polar surface area (TPSA) is 41.1 Å². The Morgan fingerprint density at radius 2 is 2.04 bits per heavy atom. The van der Waals surface area contributed by atoms with Crippen molar-refractivity contribution in [3.05, 3.63) is 40.0 Å². The van der Waals surface area contributed by atoms with Crippen LogP contribution in [0.25, 0.3) is 0 Å². The highest BCUT2D eigenvalue weighted by atomic mass is 35.5. The van der Waals surface area contributed by atoms with Crippen molar-refractivity contribution in [3.63, 3.8) is 0 Å². The number of nitrogens with one attached hydrogen (secondary N) is 1. The fourth-order valence-corrected chi connectivity index (χ4v) is 3.53. The van der Waals surface area contributed by atoms with E-state index in [0.29, 0.717) is 27.7 Å². The van der Waals surface area contributed by atoms with Crippen LogP contribution < -0.4 is 10.2 Å². The molecule has 1 saturated heterocycles. The van der Waals surface area contributed by atoms with Crippen LogP contribution in [0.2, 0.25) is 10.0 Å². The Morgan fingerprint density at radius 3 is 2.83 bits per heavy atom. The Bertz CT molecular complexity index is 720. The minimum absolute atomic E-state index is 0.551. The molecule has 1 unspecified atom stereocenters. The highest BCUT2D eigenvalue weighted by molar-refractivity contribution is 6.35. The third-order valence-electron chi connectivity index (χ3n) is 4.41. The van der Waals surface area contributed by atoms with Gasteiger partial charge in [0.1, 0.15) is 5.82 Å². The van der Waals surface area contributed by atoms with Gasteiger partial charge in [-0.1, -0.05) is 30.1 Å². The molecular weight excluding hydrogens is 343 g/mol. The van der Waals surface area contributed by atoms with E-state index in [1.807, 2.05) is 6.92 Å². The molecular formula is C18H22Cl2N4. The molecule has 0 bridgehead atoms. The first-order chi connectivity index (χ1) is 11.6. The van der Waals surface area contributed by atoms with Crippen molar-refractivity contribution >= 4 is 40.7 Å². The van der Waals surface area contributed by atoms with Crippen molar-refractivity contribution in [3.8, 4) is 0 Å². The Morgan fingerprint density at radius 1 is 1.21 bits per heavy atom. The molecule has 6 heteroatoms. The molecule has 0 saturated carbocycles. The van der Waals surface area contributed by atoms with Gasteiger partial charge in [0, 0.05) is 29.4 Å². The van der Waals surface area contributed by atoms with Crippen LogP contribution >= 0.6 is 23.2 Å². The van der Waals surface area contributed by atoms with E-state index in [0.717, 1.165) is 24.5 Å². The standard InChI is InChI=1S/C18H22Cl2N4/c1-3-14-6-4-5-9-24(14)17-10-12(2)21-18(23-17)22-16-11-13(19)7-8-15(16)20/h7-8,10-11,14H,3-6,9H2,1-2H3,(H,21,22,23). The van der Waals surface area contributed by atoms with E-state index in [9.17, 15) is 0 Å². The normalized spacial score (nSPS) is 17.8. The van der Waals surface area contributed by atoms with Crippen LogP contribution in [-0.2, 0) is 0 Å². The summed E-state index contributed by atoms with van der Waals surface area (Å²) in [7, 11) is 0. The number of piperidine rings is 1. The smallest absolute Gasteiger partial charge is 0.229 e. The summed E-state index contributed by atoms with van der Waals surface area (Å²) in [5, 5.41) is 4.42. The highest BCUT2D eigenvalue weighted by Crippen LogP contribution is 2.30. The Kier molecular flexibility index (Phi) is 5.47. The SMILES string of the molecule is CCC1CCCCN1c1cc(C)nc(Nc2cc(Cl)ccc2Cl)n1. The van der Waals surface area contributed by atoms with Gasteiger partial charge in [0.15, 0.2) is 0 Å². The van der Waals surface area contributed by atoms with Crippen LogP contribution in [0.3, 0.4) is 0 Å². The van der Waals surface area contributed by atoms with Crippen molar-refractivity contribution in [1.29, 1.82) is 0 Å². The maximum atomic E-state index is 6.23. The van der Waals surface area contributed by atoms with Crippen LogP contribution in [0.15, 0.2) is 24.3 Å². The van der Waals surface area contributed by atoms with Gasteiger partial charge in [-0.15, -0.1) is 0 Å². The summed E-state index contributed by atoms with van der Waals surface area (Å²) >= 11 is 12.3. The average Bonchev–Trinajstić information content (AvgIpc) is 2.57. The van der Waals surface area contributed by atoms with E-state index < -0.39 is 0 Å². The van der Waals surface area contributed by atoms with E-state index in [2.05, 4.69) is 28.2 Å². The molecule has 1 aliphatic heterocycles. The molecule has 2 aromatic rings. The monoisotopic (exact) mass is 364 g/mol. The van der Waals surface area contributed by atoms with Gasteiger partial charge in [0.05, 0.1) is 10.7 Å². The van der Waals surface area contributed by atoms with Gasteiger partial charge in [-0.2, -0.15) is 4.98 Å². The van der Waals surface area contributed by atoms with Gasteiger partial charge in [0.2, 0.25) is 5.95 Å². The van der Waals surface area contributed by atoms with Crippen LogP contribution in [0.5, 0.6) is 0 Å². The van der Waals surface area contributed by atoms with E-state index in [-0.39, 0.29) is 0 Å². The van der Waals surface area contributed by atoms with Crippen molar-refractivity contribution in [1.82, 2.24) is 9.97 Å². The molecule has 0 radical (unpaired) electrons. The van der Waals surface area contributed by atoms with Crippen LogP contribution in [0, 0.1) is 6.92 Å². The molecule has 0 amide bonds. The van der Waals surface area contributed by atoms with Crippen molar-refractivity contribution in [2.24, 2.45) is 0 Å². The van der Waals surface area contributed by atoms with Crippen molar-refractivity contribution < 1.29 is 0 Å². The zero-order valence-corrected chi connectivity index (χ0v) is 15.5. The maximum Gasteiger partial charge on any atom is 0.229 e. The molecule has 4 nitrogen and oxygen atoms in total. The number of aromatic nitrogens is 2. The highest BCUT2D eigenvalue weighted by Gasteiger charge is 2.22. The van der Waals surface area contributed by atoms with Crippen LogP contribution in [-0.4, -0.2) is 22.6 Å². The first-order valence-electron chi connectivity index (χ1n) is 8.41. The minimum atomic E-state index is 0.551. The first-order valence-corrected chi connectivity index (χ1v) is 9.17. The van der Waals surface area contributed by atoms with Gasteiger partial charge in [0.25, 0.3) is 0 Å². The molecule has 2 heterocycles. The quantitative estimate of drug-likeness (QED) is 0.765. The number of rotatable bonds is 4. The third-order valence-corrected chi connectivity index (χ3v) is 4.97. The van der Waals surface area contributed by atoms with Crippen molar-refractivity contribution in [2.75, 3.05) is 16.8 Å². The molecule has 1 aromatic carbocycles. The van der Waals surface area contributed by atoms with Gasteiger partial charge >= 0.3 is 0 Å². The van der Waals surface area contributed by atoms with Gasteiger partial charge in [-0.05, 0) is 50.8 Å². The summed E-state index contributed by atoms with van der Waals surface area (Å²) in [6.45, 7) is 5.27. The predicted octanol–water partition coefficient (Wildman–Crippen LogP) is 5.60. The Balaban J connectivity index is 1.90. The minimum Gasteiger partial charge on any atom is -0.353 e. The predicted molar refractivity (Wildman–Crippen MR) is 102 cm³/mol. The Labute approximate surface area is 153 Å². The molecule has 1 fully saturated rings. The van der Waals surface area contributed by atoms with Gasteiger partial charge < -0.3 is 10.2 Å². The molecule has 1 aliphatic rings. The maximum absolute atomic E-state index is 6.23. The number of aryl methyl sites for hydroxylation is 1. The van der Waals surface area contributed by atoms with Crippen LogP contribution in [0.4, 0.5) is 17.5 Å². The summed E-state index contributed by atoms with van der Waals surface area (Å²) in [4.78, 5) is 11.6. The summed E-state index contributed by atoms with van der Waals surface area (Å²) in [5.74, 6) is 1.53. The van der Waals surface area contributed by atoms with E-state index in [1.54, 1.807) is 18.2 Å². The number of nitrogens with zero attached hydrogens (tertiary/aromatic N) is 3. The molecule has 0 aliphatic carbocycles. The number of hydrogen-bond donors (Lipinski definition) is 1. The average molecular weight is 365 g/mol. The molecule has 1 N–H and O–H groups in total. The number of halogens is 2. The molecule has 3 rings (SSSR count). The molecule has 1 atom stereocenters. The third kappa shape index (κ3) is 3.93. The van der Waals surface area contributed by atoms with E-state index >= 15 is 0 Å². The summed E-state index contributed by atoms with van der Waals surface area (Å²) in [6.07, 6.45) is 4.86. The van der Waals surface area contributed by atoms with E-state index in [4.69, 9.17) is 28.2 Å². The zero-order chi connectivity index (χ0) is 17.1. The molecule has 0 spiro atoms. The number of hydrogen-bond acceptors (Lipinski definition) is 4. The second kappa shape index (κ2) is 7.58. The lowest BCUT2D eigenvalue weighted by molar-refractivity contribution is 0.446. The number of anilines is 3. The zero-order valence-electron chi connectivity index (χ0n) is 14.0. The Hall–Kier alpha value is -1.52. The van der Waals surface area contributed by atoms with Gasteiger partial charge in [-0.25, -0.2) is 4.98 Å². The first kappa shape index (κ1) is 17.3. The fraction of sp³-hybridized carbons (Fsp3) is 0.444. The molecule has 24 heavy (non-hydrogen) atoms. The lowest BCUT2D eigenvalue weighted by Crippen LogP contribution is -2.39. The summed E-state index contributed by atoms with van der Waals surface area (Å²) < 4.78 is 0. The van der Waals surface area contributed by atoms with E-state index in [1.165, 1.54) is 19.3 Å². The molecule has 1 aromatic heterocycles. The van der Waals surface area contributed by atoms with Gasteiger partial charge in [-0.3, -0.25) is 0 Å². The summed E-state index contributed by atoms with van der Waals surface area (Å²) in [6, 6.07) is 7.91.